The average molecular weight is 429 g/mol. The quantitative estimate of drug-likeness (QED) is 0.353. The van der Waals surface area contributed by atoms with E-state index in [4.69, 9.17) is 8.43 Å². The molecule has 148 valence electrons. The van der Waals surface area contributed by atoms with Gasteiger partial charge in [0.25, 0.3) is 0 Å². The molecule has 6 heteroatoms. The molecule has 0 N–H and O–H groups in total. The number of hydrogen-bond donors (Lipinski definition) is 0. The van der Waals surface area contributed by atoms with E-state index in [9.17, 15) is 4.57 Å². The standard InChI is InChI=1S/C22H29O3PSi2/c1-27(2,3)24-26(23,25-28(4,5)6)22-17-19-14-10-11-15-20(19)21(22)16-18-12-8-7-9-13-18/h7-17H,1-6H3. The van der Waals surface area contributed by atoms with Gasteiger partial charge in [-0.15, -0.1) is 0 Å². The number of hydrogen-bond acceptors (Lipinski definition) is 3. The molecular weight excluding hydrogens is 399 g/mol. The number of fused-ring (bicyclic) bond motifs is 1. The molecule has 3 nitrogen and oxygen atoms in total. The van der Waals surface area contributed by atoms with Crippen molar-refractivity contribution in [2.24, 2.45) is 0 Å². The monoisotopic (exact) mass is 428 g/mol. The maximum Gasteiger partial charge on any atom is 0.342 e. The van der Waals surface area contributed by atoms with Gasteiger partial charge in [0.1, 0.15) is 0 Å². The number of rotatable bonds is 6. The fraction of sp³-hybridized carbons (Fsp3) is 0.273. The van der Waals surface area contributed by atoms with Gasteiger partial charge in [-0.05, 0) is 73.7 Å². The van der Waals surface area contributed by atoms with Gasteiger partial charge in [0, 0.05) is 0 Å². The minimum Gasteiger partial charge on any atom is -0.348 e. The molecule has 0 saturated heterocycles. The van der Waals surface area contributed by atoms with E-state index < -0.39 is 24.2 Å². The van der Waals surface area contributed by atoms with Crippen molar-refractivity contribution in [3.63, 3.8) is 0 Å². The molecule has 0 atom stereocenters. The van der Waals surface area contributed by atoms with Crippen molar-refractivity contribution in [1.82, 2.24) is 0 Å². The Morgan fingerprint density at radius 2 is 1.32 bits per heavy atom. The molecule has 3 rings (SSSR count). The first kappa shape index (κ1) is 21.2. The Labute approximate surface area is 170 Å². The molecule has 1 aliphatic carbocycles. The van der Waals surface area contributed by atoms with Crippen LogP contribution in [0.15, 0.2) is 59.9 Å². The first-order valence-electron chi connectivity index (χ1n) is 9.57. The molecule has 2 aromatic carbocycles. The average Bonchev–Trinajstić information content (AvgIpc) is 2.92. The lowest BCUT2D eigenvalue weighted by Gasteiger charge is -2.32. The summed E-state index contributed by atoms with van der Waals surface area (Å²) in [6, 6.07) is 18.2. The number of allylic oxidation sites excluding steroid dienone is 2. The summed E-state index contributed by atoms with van der Waals surface area (Å²) in [6.45, 7) is 12.3. The summed E-state index contributed by atoms with van der Waals surface area (Å²) >= 11 is 0. The molecule has 0 aliphatic heterocycles. The van der Waals surface area contributed by atoms with Crippen LogP contribution in [0.1, 0.15) is 16.7 Å². The number of benzene rings is 2. The zero-order chi connectivity index (χ0) is 20.6. The van der Waals surface area contributed by atoms with Gasteiger partial charge in [-0.25, -0.2) is 0 Å². The third-order valence-electron chi connectivity index (χ3n) is 4.01. The predicted octanol–water partition coefficient (Wildman–Crippen LogP) is 7.48. The fourth-order valence-corrected chi connectivity index (χ4v) is 11.0. The van der Waals surface area contributed by atoms with Crippen molar-refractivity contribution in [1.29, 1.82) is 0 Å². The van der Waals surface area contributed by atoms with Crippen molar-refractivity contribution >= 4 is 42.0 Å². The highest BCUT2D eigenvalue weighted by atomic mass is 31.2. The highest BCUT2D eigenvalue weighted by Gasteiger charge is 2.43. The summed E-state index contributed by atoms with van der Waals surface area (Å²) in [5, 5.41) is 0.683. The third kappa shape index (κ3) is 5.10. The molecule has 0 amide bonds. The Bertz CT molecular complexity index is 947. The van der Waals surface area contributed by atoms with Crippen LogP contribution in [0.3, 0.4) is 0 Å². The van der Waals surface area contributed by atoms with Crippen molar-refractivity contribution < 1.29 is 13.0 Å². The van der Waals surface area contributed by atoms with Crippen molar-refractivity contribution in [3.8, 4) is 0 Å². The Kier molecular flexibility index (Phi) is 5.86. The van der Waals surface area contributed by atoms with Crippen molar-refractivity contribution in [3.05, 3.63) is 76.6 Å². The van der Waals surface area contributed by atoms with E-state index in [1.807, 2.05) is 36.4 Å². The van der Waals surface area contributed by atoms with Gasteiger partial charge in [-0.1, -0.05) is 54.6 Å². The Morgan fingerprint density at radius 3 is 1.89 bits per heavy atom. The van der Waals surface area contributed by atoms with E-state index in [1.54, 1.807) is 0 Å². The van der Waals surface area contributed by atoms with Crippen LogP contribution in [0.5, 0.6) is 0 Å². The summed E-state index contributed by atoms with van der Waals surface area (Å²) in [5.41, 5.74) is 4.12. The van der Waals surface area contributed by atoms with Crippen LogP contribution >= 0.6 is 7.60 Å². The molecule has 0 bridgehead atoms. The first-order chi connectivity index (χ1) is 13.0. The minimum absolute atomic E-state index is 0.683. The van der Waals surface area contributed by atoms with Gasteiger partial charge in [0.15, 0.2) is 16.6 Å². The van der Waals surface area contributed by atoms with Gasteiger partial charge >= 0.3 is 7.60 Å². The molecule has 0 radical (unpaired) electrons. The predicted molar refractivity (Wildman–Crippen MR) is 125 cm³/mol. The van der Waals surface area contributed by atoms with E-state index in [0.29, 0.717) is 5.31 Å². The zero-order valence-corrected chi connectivity index (χ0v) is 20.4. The van der Waals surface area contributed by atoms with Crippen LogP contribution in [0.4, 0.5) is 0 Å². The topological polar surface area (TPSA) is 35.5 Å². The molecule has 0 fully saturated rings. The van der Waals surface area contributed by atoms with Crippen LogP contribution < -0.4 is 0 Å². The summed E-state index contributed by atoms with van der Waals surface area (Å²) in [4.78, 5) is 0. The lowest BCUT2D eigenvalue weighted by molar-refractivity contribution is 0.393. The van der Waals surface area contributed by atoms with Gasteiger partial charge in [-0.3, -0.25) is 4.57 Å². The van der Waals surface area contributed by atoms with E-state index in [-0.39, 0.29) is 0 Å². The zero-order valence-electron chi connectivity index (χ0n) is 17.5. The molecule has 2 aromatic rings. The second-order valence-corrected chi connectivity index (χ2v) is 20.4. The molecule has 0 unspecified atom stereocenters. The third-order valence-corrected chi connectivity index (χ3v) is 11.3. The highest BCUT2D eigenvalue weighted by molar-refractivity contribution is 7.62. The summed E-state index contributed by atoms with van der Waals surface area (Å²) in [7, 11) is -7.71. The first-order valence-corrected chi connectivity index (χ1v) is 17.9. The van der Waals surface area contributed by atoms with E-state index in [1.165, 1.54) is 0 Å². The molecule has 0 heterocycles. The summed E-state index contributed by atoms with van der Waals surface area (Å²) in [5.74, 6) is 0. The molecule has 1 aliphatic rings. The fourth-order valence-electron chi connectivity index (χ4n) is 3.16. The molecular formula is C22H29O3PSi2. The lowest BCUT2D eigenvalue weighted by atomic mass is 10.0. The van der Waals surface area contributed by atoms with E-state index in [2.05, 4.69) is 69.6 Å². The Morgan fingerprint density at radius 1 is 0.786 bits per heavy atom. The van der Waals surface area contributed by atoms with Crippen LogP contribution in [-0.4, -0.2) is 16.6 Å². The van der Waals surface area contributed by atoms with Gasteiger partial charge in [0.05, 0.1) is 5.31 Å². The van der Waals surface area contributed by atoms with Crippen LogP contribution in [0.25, 0.3) is 17.7 Å². The van der Waals surface area contributed by atoms with E-state index in [0.717, 1.165) is 22.3 Å². The van der Waals surface area contributed by atoms with Gasteiger partial charge in [-0.2, -0.15) is 0 Å². The maximum absolute atomic E-state index is 14.2. The Balaban J connectivity index is 2.18. The minimum atomic E-state index is -3.47. The van der Waals surface area contributed by atoms with Gasteiger partial charge in [0.2, 0.25) is 0 Å². The SMILES string of the molecule is C[Si](C)(C)OP(=O)(O[Si](C)(C)C)C1=Cc2ccccc2C1=Cc1ccccc1. The second kappa shape index (κ2) is 7.73. The highest BCUT2D eigenvalue weighted by Crippen LogP contribution is 2.66. The Hall–Kier alpha value is -1.50. The smallest absolute Gasteiger partial charge is 0.342 e. The molecule has 28 heavy (non-hydrogen) atoms. The van der Waals surface area contributed by atoms with Crippen LogP contribution in [-0.2, 0) is 13.0 Å². The largest absolute Gasteiger partial charge is 0.348 e. The van der Waals surface area contributed by atoms with Crippen molar-refractivity contribution in [2.75, 3.05) is 0 Å². The van der Waals surface area contributed by atoms with E-state index >= 15 is 0 Å². The maximum atomic E-state index is 14.2. The second-order valence-electron chi connectivity index (χ2n) is 8.99. The molecule has 0 saturated carbocycles. The molecule has 0 spiro atoms. The summed E-state index contributed by atoms with van der Waals surface area (Å²) < 4.78 is 26.8. The van der Waals surface area contributed by atoms with Crippen LogP contribution in [0.2, 0.25) is 39.3 Å². The molecule has 0 aromatic heterocycles. The summed E-state index contributed by atoms with van der Waals surface area (Å²) in [6.07, 6.45) is 4.08. The van der Waals surface area contributed by atoms with Crippen LogP contribution in [0, 0.1) is 0 Å². The lowest BCUT2D eigenvalue weighted by Crippen LogP contribution is -2.30. The van der Waals surface area contributed by atoms with Gasteiger partial charge < -0.3 is 8.43 Å². The van der Waals surface area contributed by atoms with Crippen molar-refractivity contribution in [2.45, 2.75) is 39.3 Å². The normalized spacial score (nSPS) is 16.2.